The number of halogens is 1. The first-order chi connectivity index (χ1) is 13.1. The molecule has 2 aromatic carbocycles. The number of amides is 2. The second kappa shape index (κ2) is 11.4. The van der Waals surface area contributed by atoms with Crippen LogP contribution in [0.5, 0.6) is 0 Å². The number of nitrogens with one attached hydrogen (secondary N) is 2. The Hall–Kier alpha value is -2.37. The van der Waals surface area contributed by atoms with Gasteiger partial charge < -0.3 is 15.4 Å². The van der Waals surface area contributed by atoms with E-state index < -0.39 is 0 Å². The molecule has 0 fully saturated rings. The van der Waals surface area contributed by atoms with Crippen LogP contribution in [0, 0.1) is 0 Å². The van der Waals surface area contributed by atoms with Crippen LogP contribution in [-0.4, -0.2) is 25.0 Å². The number of rotatable bonds is 10. The van der Waals surface area contributed by atoms with Gasteiger partial charge in [0, 0.05) is 36.7 Å². The maximum Gasteiger partial charge on any atom is 0.251 e. The van der Waals surface area contributed by atoms with Crippen molar-refractivity contribution in [3.05, 3.63) is 70.2 Å². The highest BCUT2D eigenvalue weighted by molar-refractivity contribution is 6.30. The molecule has 0 aliphatic rings. The summed E-state index contributed by atoms with van der Waals surface area (Å²) >= 11 is 5.80. The highest BCUT2D eigenvalue weighted by Gasteiger charge is 2.07. The summed E-state index contributed by atoms with van der Waals surface area (Å²) in [5.41, 5.74) is 2.68. The normalized spacial score (nSPS) is 10.4. The Morgan fingerprint density at radius 1 is 1.00 bits per heavy atom. The molecule has 0 saturated carbocycles. The third kappa shape index (κ3) is 7.41. The number of ether oxygens (including phenoxy) is 1. The third-order valence-corrected chi connectivity index (χ3v) is 4.28. The fourth-order valence-corrected chi connectivity index (χ4v) is 2.65. The molecule has 0 heterocycles. The van der Waals surface area contributed by atoms with Gasteiger partial charge in [-0.3, -0.25) is 9.59 Å². The number of carbonyl (C=O) groups is 2. The van der Waals surface area contributed by atoms with Crippen molar-refractivity contribution in [2.24, 2.45) is 0 Å². The van der Waals surface area contributed by atoms with E-state index in [-0.39, 0.29) is 11.8 Å². The second-order valence-electron chi connectivity index (χ2n) is 6.05. The molecule has 0 aromatic heterocycles. The number of hydrogen-bond donors (Lipinski definition) is 2. The lowest BCUT2D eigenvalue weighted by Crippen LogP contribution is -2.27. The van der Waals surface area contributed by atoms with E-state index in [0.29, 0.717) is 49.7 Å². The zero-order chi connectivity index (χ0) is 19.5. The monoisotopic (exact) mass is 388 g/mol. The largest absolute Gasteiger partial charge is 0.377 e. The minimum absolute atomic E-state index is 0.0399. The van der Waals surface area contributed by atoms with Crippen LogP contribution in [0.15, 0.2) is 48.5 Å². The Labute approximate surface area is 165 Å². The fraction of sp³-hybridized carbons (Fsp3) is 0.333. The fourth-order valence-electron chi connectivity index (χ4n) is 2.52. The molecule has 0 unspecified atom stereocenters. The van der Waals surface area contributed by atoms with Gasteiger partial charge in [-0.2, -0.15) is 0 Å². The molecule has 2 N–H and O–H groups in total. The first-order valence-electron chi connectivity index (χ1n) is 9.05. The van der Waals surface area contributed by atoms with Crippen molar-refractivity contribution >= 4 is 23.4 Å². The van der Waals surface area contributed by atoms with E-state index in [4.69, 9.17) is 16.3 Å². The molecule has 144 valence electrons. The predicted molar refractivity (Wildman–Crippen MR) is 107 cm³/mol. The summed E-state index contributed by atoms with van der Waals surface area (Å²) in [5, 5.41) is 6.31. The van der Waals surface area contributed by atoms with Crippen molar-refractivity contribution in [3.63, 3.8) is 0 Å². The quantitative estimate of drug-likeness (QED) is 0.610. The van der Waals surface area contributed by atoms with E-state index in [2.05, 4.69) is 10.6 Å². The molecule has 2 amide bonds. The summed E-state index contributed by atoms with van der Waals surface area (Å²) in [6.45, 7) is 4.06. The first-order valence-corrected chi connectivity index (χ1v) is 9.43. The summed E-state index contributed by atoms with van der Waals surface area (Å²) in [4.78, 5) is 24.0. The van der Waals surface area contributed by atoms with Gasteiger partial charge in [-0.15, -0.1) is 0 Å². The molecule has 0 radical (unpaired) electrons. The van der Waals surface area contributed by atoms with Crippen molar-refractivity contribution < 1.29 is 14.3 Å². The standard InChI is InChI=1S/C21H25ClN2O3/c1-2-27-15-18-7-4-3-6-17(18)14-24-20(25)8-5-13-23-21(26)16-9-11-19(22)12-10-16/h3-4,6-7,9-12H,2,5,8,13-15H2,1H3,(H,23,26)(H,24,25). The molecular weight excluding hydrogens is 364 g/mol. The molecule has 5 nitrogen and oxygen atoms in total. The van der Waals surface area contributed by atoms with Crippen LogP contribution < -0.4 is 10.6 Å². The van der Waals surface area contributed by atoms with Gasteiger partial charge in [-0.1, -0.05) is 35.9 Å². The molecule has 2 aromatic rings. The van der Waals surface area contributed by atoms with E-state index in [0.717, 1.165) is 11.1 Å². The summed E-state index contributed by atoms with van der Waals surface area (Å²) in [6.07, 6.45) is 0.931. The Balaban J connectivity index is 1.68. The molecule has 6 heteroatoms. The van der Waals surface area contributed by atoms with Crippen molar-refractivity contribution in [1.29, 1.82) is 0 Å². The van der Waals surface area contributed by atoms with Crippen molar-refractivity contribution in [3.8, 4) is 0 Å². The highest BCUT2D eigenvalue weighted by Crippen LogP contribution is 2.11. The zero-order valence-corrected chi connectivity index (χ0v) is 16.2. The van der Waals surface area contributed by atoms with Crippen molar-refractivity contribution in [2.75, 3.05) is 13.2 Å². The zero-order valence-electron chi connectivity index (χ0n) is 15.5. The molecule has 0 aliphatic carbocycles. The maximum absolute atomic E-state index is 12.0. The van der Waals surface area contributed by atoms with Crippen molar-refractivity contribution in [2.45, 2.75) is 32.9 Å². The van der Waals surface area contributed by atoms with Crippen LogP contribution in [0.3, 0.4) is 0 Å². The average Bonchev–Trinajstić information content (AvgIpc) is 2.69. The van der Waals surface area contributed by atoms with Crippen LogP contribution in [-0.2, 0) is 22.7 Å². The SMILES string of the molecule is CCOCc1ccccc1CNC(=O)CCCNC(=O)c1ccc(Cl)cc1. The van der Waals surface area contributed by atoms with Crippen LogP contribution in [0.2, 0.25) is 5.02 Å². The Kier molecular flexibility index (Phi) is 8.81. The molecule has 2 rings (SSSR count). The number of benzene rings is 2. The van der Waals surface area contributed by atoms with E-state index in [1.54, 1.807) is 24.3 Å². The molecule has 0 spiro atoms. The van der Waals surface area contributed by atoms with Gasteiger partial charge >= 0.3 is 0 Å². The molecule has 0 saturated heterocycles. The van der Waals surface area contributed by atoms with Crippen molar-refractivity contribution in [1.82, 2.24) is 10.6 Å². The molecule has 27 heavy (non-hydrogen) atoms. The summed E-state index contributed by atoms with van der Waals surface area (Å²) in [5.74, 6) is -0.209. The van der Waals surface area contributed by atoms with E-state index in [1.807, 2.05) is 31.2 Å². The lowest BCUT2D eigenvalue weighted by Gasteiger charge is -2.11. The van der Waals surface area contributed by atoms with E-state index in [1.165, 1.54) is 0 Å². The van der Waals surface area contributed by atoms with Gasteiger partial charge in [0.1, 0.15) is 0 Å². The average molecular weight is 389 g/mol. The third-order valence-electron chi connectivity index (χ3n) is 4.03. The lowest BCUT2D eigenvalue weighted by molar-refractivity contribution is -0.121. The number of hydrogen-bond acceptors (Lipinski definition) is 3. The Morgan fingerprint density at radius 2 is 1.70 bits per heavy atom. The minimum Gasteiger partial charge on any atom is -0.377 e. The lowest BCUT2D eigenvalue weighted by atomic mass is 10.1. The highest BCUT2D eigenvalue weighted by atomic mass is 35.5. The predicted octanol–water partition coefficient (Wildman–Crippen LogP) is 3.70. The van der Waals surface area contributed by atoms with Crippen LogP contribution in [0.4, 0.5) is 0 Å². The first kappa shape index (κ1) is 20.9. The van der Waals surface area contributed by atoms with Crippen LogP contribution >= 0.6 is 11.6 Å². The van der Waals surface area contributed by atoms with E-state index >= 15 is 0 Å². The smallest absolute Gasteiger partial charge is 0.251 e. The van der Waals surface area contributed by atoms with E-state index in [9.17, 15) is 9.59 Å². The Morgan fingerprint density at radius 3 is 2.41 bits per heavy atom. The minimum atomic E-state index is -0.170. The summed E-state index contributed by atoms with van der Waals surface area (Å²) in [6, 6.07) is 14.6. The topological polar surface area (TPSA) is 67.4 Å². The summed E-state index contributed by atoms with van der Waals surface area (Å²) in [7, 11) is 0. The van der Waals surface area contributed by atoms with Gasteiger partial charge in [-0.05, 0) is 48.7 Å². The molecular formula is C21H25ClN2O3. The molecule has 0 bridgehead atoms. The van der Waals surface area contributed by atoms with Crippen LogP contribution in [0.25, 0.3) is 0 Å². The van der Waals surface area contributed by atoms with Gasteiger partial charge in [0.2, 0.25) is 5.91 Å². The number of carbonyl (C=O) groups excluding carboxylic acids is 2. The summed E-state index contributed by atoms with van der Waals surface area (Å²) < 4.78 is 5.45. The Bertz CT molecular complexity index is 747. The van der Waals surface area contributed by atoms with Gasteiger partial charge in [0.25, 0.3) is 5.91 Å². The van der Waals surface area contributed by atoms with Gasteiger partial charge in [-0.25, -0.2) is 0 Å². The van der Waals surface area contributed by atoms with Gasteiger partial charge in [0.15, 0.2) is 0 Å². The van der Waals surface area contributed by atoms with Gasteiger partial charge in [0.05, 0.1) is 6.61 Å². The second-order valence-corrected chi connectivity index (χ2v) is 6.49. The molecule has 0 atom stereocenters. The molecule has 0 aliphatic heterocycles. The maximum atomic E-state index is 12.0. The van der Waals surface area contributed by atoms with Crippen LogP contribution in [0.1, 0.15) is 41.3 Å².